The van der Waals surface area contributed by atoms with Crippen LogP contribution in [0.25, 0.3) is 0 Å². The van der Waals surface area contributed by atoms with Crippen molar-refractivity contribution in [1.29, 1.82) is 0 Å². The second-order valence-electron chi connectivity index (χ2n) is 5.12. The molecule has 0 bridgehead atoms. The van der Waals surface area contributed by atoms with Gasteiger partial charge in [0.2, 0.25) is 0 Å². The minimum atomic E-state index is 0.725. The Hall–Kier alpha value is -0.960. The van der Waals surface area contributed by atoms with Crippen LogP contribution in [0.3, 0.4) is 0 Å². The number of rotatable bonds is 3. The van der Waals surface area contributed by atoms with Gasteiger partial charge in [0.25, 0.3) is 0 Å². The van der Waals surface area contributed by atoms with E-state index in [2.05, 4.69) is 21.4 Å². The van der Waals surface area contributed by atoms with Gasteiger partial charge in [0.1, 0.15) is 6.33 Å². The molecule has 1 unspecified atom stereocenters. The monoisotopic (exact) mass is 217 g/mol. The lowest BCUT2D eigenvalue weighted by Gasteiger charge is -2.24. The first kappa shape index (κ1) is 10.2. The fraction of sp³-hybridized carbons (Fsp3) is 0.692. The van der Waals surface area contributed by atoms with Crippen LogP contribution < -0.4 is 5.32 Å². The summed E-state index contributed by atoms with van der Waals surface area (Å²) in [4.78, 5) is 8.81. The van der Waals surface area contributed by atoms with Gasteiger partial charge in [-0.15, -0.1) is 0 Å². The summed E-state index contributed by atoms with van der Waals surface area (Å²) in [6.45, 7) is 2.33. The molecule has 1 saturated carbocycles. The lowest BCUT2D eigenvalue weighted by atomic mass is 9.82. The second kappa shape index (κ2) is 4.50. The molecular formula is C13H19N3. The second-order valence-corrected chi connectivity index (χ2v) is 5.12. The van der Waals surface area contributed by atoms with Crippen molar-refractivity contribution in [3.05, 3.63) is 23.8 Å². The van der Waals surface area contributed by atoms with Gasteiger partial charge in [-0.1, -0.05) is 6.42 Å². The van der Waals surface area contributed by atoms with Crippen LogP contribution in [-0.4, -0.2) is 23.1 Å². The fourth-order valence-electron chi connectivity index (χ4n) is 2.64. The van der Waals surface area contributed by atoms with E-state index in [1.807, 2.05) is 0 Å². The topological polar surface area (TPSA) is 37.8 Å². The Labute approximate surface area is 96.7 Å². The van der Waals surface area contributed by atoms with E-state index in [-0.39, 0.29) is 0 Å². The van der Waals surface area contributed by atoms with Crippen LogP contribution in [0.1, 0.15) is 43.0 Å². The fourth-order valence-corrected chi connectivity index (χ4v) is 2.64. The van der Waals surface area contributed by atoms with E-state index in [1.54, 1.807) is 6.33 Å². The molecule has 0 amide bonds. The molecule has 2 aliphatic rings. The van der Waals surface area contributed by atoms with Gasteiger partial charge in [0.05, 0.1) is 0 Å². The molecule has 1 saturated heterocycles. The van der Waals surface area contributed by atoms with Crippen molar-refractivity contribution in [1.82, 2.24) is 15.3 Å². The predicted octanol–water partition coefficient (Wildman–Crippen LogP) is 1.90. The first-order valence-corrected chi connectivity index (χ1v) is 6.43. The summed E-state index contributed by atoms with van der Waals surface area (Å²) in [5, 5.41) is 3.41. The summed E-state index contributed by atoms with van der Waals surface area (Å²) >= 11 is 0. The molecular weight excluding hydrogens is 198 g/mol. The van der Waals surface area contributed by atoms with Crippen LogP contribution >= 0.6 is 0 Å². The van der Waals surface area contributed by atoms with E-state index in [1.165, 1.54) is 43.6 Å². The van der Waals surface area contributed by atoms with Crippen molar-refractivity contribution >= 4 is 0 Å². The molecule has 1 aromatic rings. The van der Waals surface area contributed by atoms with E-state index in [0.29, 0.717) is 0 Å². The van der Waals surface area contributed by atoms with E-state index < -0.39 is 0 Å². The van der Waals surface area contributed by atoms with Gasteiger partial charge in [0, 0.05) is 17.3 Å². The van der Waals surface area contributed by atoms with E-state index in [4.69, 9.17) is 0 Å². The molecule has 0 aromatic carbocycles. The molecule has 3 rings (SSSR count). The first-order valence-electron chi connectivity index (χ1n) is 6.43. The highest BCUT2D eigenvalue weighted by Crippen LogP contribution is 2.35. The third kappa shape index (κ3) is 2.09. The van der Waals surface area contributed by atoms with Crippen LogP contribution in [0.4, 0.5) is 0 Å². The number of aromatic nitrogens is 2. The molecule has 1 aliphatic heterocycles. The van der Waals surface area contributed by atoms with Crippen LogP contribution in [0.5, 0.6) is 0 Å². The van der Waals surface area contributed by atoms with Gasteiger partial charge in [-0.2, -0.15) is 0 Å². The molecule has 3 nitrogen and oxygen atoms in total. The molecule has 2 heterocycles. The molecule has 16 heavy (non-hydrogen) atoms. The van der Waals surface area contributed by atoms with Crippen molar-refractivity contribution in [3.63, 3.8) is 0 Å². The van der Waals surface area contributed by atoms with E-state index in [0.717, 1.165) is 24.8 Å². The zero-order valence-corrected chi connectivity index (χ0v) is 9.65. The molecule has 1 atom stereocenters. The molecule has 3 heteroatoms. The van der Waals surface area contributed by atoms with Crippen molar-refractivity contribution in [2.45, 2.75) is 38.0 Å². The van der Waals surface area contributed by atoms with Gasteiger partial charge >= 0.3 is 0 Å². The SMILES string of the molecule is c1nc(CC2CCNC2)cc(C2CCC2)n1. The third-order valence-electron chi connectivity index (χ3n) is 3.93. The van der Waals surface area contributed by atoms with Crippen LogP contribution in [0.15, 0.2) is 12.4 Å². The smallest absolute Gasteiger partial charge is 0.115 e. The summed E-state index contributed by atoms with van der Waals surface area (Å²) < 4.78 is 0. The lowest BCUT2D eigenvalue weighted by molar-refractivity contribution is 0.409. The Bertz CT molecular complexity index is 354. The van der Waals surface area contributed by atoms with E-state index in [9.17, 15) is 0 Å². The average Bonchev–Trinajstić information content (AvgIpc) is 2.68. The molecule has 86 valence electrons. The van der Waals surface area contributed by atoms with Crippen molar-refractivity contribution in [2.24, 2.45) is 5.92 Å². The molecule has 2 fully saturated rings. The van der Waals surface area contributed by atoms with Crippen LogP contribution in [0.2, 0.25) is 0 Å². The third-order valence-corrected chi connectivity index (χ3v) is 3.93. The number of hydrogen-bond donors (Lipinski definition) is 1. The maximum Gasteiger partial charge on any atom is 0.115 e. The van der Waals surface area contributed by atoms with E-state index >= 15 is 0 Å². The summed E-state index contributed by atoms with van der Waals surface area (Å²) in [7, 11) is 0. The predicted molar refractivity (Wildman–Crippen MR) is 63.3 cm³/mol. The number of hydrogen-bond acceptors (Lipinski definition) is 3. The standard InChI is InChI=1S/C13H19N3/c1-2-11(3-1)13-7-12(15-9-16-13)6-10-4-5-14-8-10/h7,9-11,14H,1-6,8H2. The Morgan fingerprint density at radius 3 is 2.88 bits per heavy atom. The summed E-state index contributed by atoms with van der Waals surface area (Å²) in [6, 6.07) is 2.24. The van der Waals surface area contributed by atoms with Crippen molar-refractivity contribution < 1.29 is 0 Å². The molecule has 1 aromatic heterocycles. The average molecular weight is 217 g/mol. The van der Waals surface area contributed by atoms with Gasteiger partial charge < -0.3 is 5.32 Å². The van der Waals surface area contributed by atoms with Crippen LogP contribution in [0, 0.1) is 5.92 Å². The highest BCUT2D eigenvalue weighted by Gasteiger charge is 2.22. The zero-order valence-electron chi connectivity index (χ0n) is 9.65. The Morgan fingerprint density at radius 2 is 2.19 bits per heavy atom. The summed E-state index contributed by atoms with van der Waals surface area (Å²) in [5.41, 5.74) is 2.52. The number of nitrogens with zero attached hydrogens (tertiary/aromatic N) is 2. The van der Waals surface area contributed by atoms with Gasteiger partial charge in [0.15, 0.2) is 0 Å². The Kier molecular flexibility index (Phi) is 2.87. The minimum absolute atomic E-state index is 0.725. The quantitative estimate of drug-likeness (QED) is 0.840. The molecule has 0 spiro atoms. The molecule has 0 radical (unpaired) electrons. The largest absolute Gasteiger partial charge is 0.316 e. The summed E-state index contributed by atoms with van der Waals surface area (Å²) in [6.07, 6.45) is 8.18. The summed E-state index contributed by atoms with van der Waals surface area (Å²) in [5.74, 6) is 1.51. The van der Waals surface area contributed by atoms with Gasteiger partial charge in [-0.05, 0) is 50.8 Å². The first-order chi connectivity index (χ1) is 7.92. The highest BCUT2D eigenvalue weighted by molar-refractivity contribution is 5.15. The maximum atomic E-state index is 4.41. The van der Waals surface area contributed by atoms with Crippen molar-refractivity contribution in [2.75, 3.05) is 13.1 Å². The Balaban J connectivity index is 1.68. The Morgan fingerprint density at radius 1 is 1.25 bits per heavy atom. The molecule has 1 aliphatic carbocycles. The minimum Gasteiger partial charge on any atom is -0.316 e. The lowest BCUT2D eigenvalue weighted by Crippen LogP contribution is -2.14. The normalized spacial score (nSPS) is 25.6. The number of nitrogens with one attached hydrogen (secondary N) is 1. The maximum absolute atomic E-state index is 4.41. The zero-order chi connectivity index (χ0) is 10.8. The van der Waals surface area contributed by atoms with Gasteiger partial charge in [-0.25, -0.2) is 9.97 Å². The van der Waals surface area contributed by atoms with Crippen molar-refractivity contribution in [3.8, 4) is 0 Å². The highest BCUT2D eigenvalue weighted by atomic mass is 14.9. The van der Waals surface area contributed by atoms with Crippen LogP contribution in [-0.2, 0) is 6.42 Å². The van der Waals surface area contributed by atoms with Gasteiger partial charge in [-0.3, -0.25) is 0 Å². The molecule has 1 N–H and O–H groups in total.